The molecule has 0 atom stereocenters. The van der Waals surface area contributed by atoms with Crippen molar-refractivity contribution in [1.29, 1.82) is 0 Å². The highest BCUT2D eigenvalue weighted by atomic mass is 35.5. The van der Waals surface area contributed by atoms with Crippen molar-refractivity contribution in [2.45, 2.75) is 32.0 Å². The Morgan fingerprint density at radius 2 is 1.90 bits per heavy atom. The number of carbonyl (C=O) groups is 1. The predicted octanol–water partition coefficient (Wildman–Crippen LogP) is 5.91. The molecule has 6 rings (SSSR count). The molecule has 3 heterocycles. The van der Waals surface area contributed by atoms with Gasteiger partial charge in [0.2, 0.25) is 11.9 Å². The molecule has 0 saturated heterocycles. The van der Waals surface area contributed by atoms with Crippen LogP contribution >= 0.6 is 11.6 Å². The van der Waals surface area contributed by atoms with Gasteiger partial charge in [-0.05, 0) is 49.6 Å². The Hall–Kier alpha value is -4.91. The number of hydrogen-bond donors (Lipinski definition) is 3. The molecule has 0 aliphatic heterocycles. The van der Waals surface area contributed by atoms with Crippen molar-refractivity contribution in [3.8, 4) is 22.6 Å². The van der Waals surface area contributed by atoms with E-state index in [0.29, 0.717) is 45.6 Å². The molecule has 14 heteroatoms. The number of rotatable bonds is 8. The minimum Gasteiger partial charge on any atom is -0.367 e. The molecule has 1 amide bonds. The summed E-state index contributed by atoms with van der Waals surface area (Å²) in [5, 5.41) is 6.81. The number of aromatic nitrogens is 6. The van der Waals surface area contributed by atoms with Gasteiger partial charge in [0.15, 0.2) is 0 Å². The standard InChI is InChI=1S/C28H23ClF3N9O/c1-15-12-40(14-37-15)22-10-17(28(30,31)32)9-19(26(33)42)25(22)16-2-5-20(29)21(8-16)39-27-34-6-7-41(27)24-11-23(35-13-36-24)38-18-3-4-18/h2,5-14,18H,3-4H2,1H3,(H2,33,42)(H,34,39)(H,35,36,38). The first-order valence-corrected chi connectivity index (χ1v) is 13.2. The van der Waals surface area contributed by atoms with Crippen molar-refractivity contribution < 1.29 is 18.0 Å². The monoisotopic (exact) mass is 593 g/mol. The maximum absolute atomic E-state index is 13.8. The third-order valence-electron chi connectivity index (χ3n) is 6.67. The number of hydrogen-bond acceptors (Lipinski definition) is 7. The van der Waals surface area contributed by atoms with Gasteiger partial charge in [-0.25, -0.2) is 19.9 Å². The van der Waals surface area contributed by atoms with Gasteiger partial charge in [-0.1, -0.05) is 17.7 Å². The van der Waals surface area contributed by atoms with Crippen LogP contribution in [0.4, 0.5) is 30.6 Å². The summed E-state index contributed by atoms with van der Waals surface area (Å²) < 4.78 is 44.6. The van der Waals surface area contributed by atoms with E-state index in [1.165, 1.54) is 17.2 Å². The van der Waals surface area contributed by atoms with Crippen LogP contribution in [-0.2, 0) is 6.18 Å². The number of imidazole rings is 2. The number of nitrogens with one attached hydrogen (secondary N) is 2. The van der Waals surface area contributed by atoms with E-state index in [-0.39, 0.29) is 16.8 Å². The zero-order chi connectivity index (χ0) is 29.6. The van der Waals surface area contributed by atoms with Crippen LogP contribution in [0.3, 0.4) is 0 Å². The second kappa shape index (κ2) is 10.5. The lowest BCUT2D eigenvalue weighted by Crippen LogP contribution is -2.17. The van der Waals surface area contributed by atoms with Gasteiger partial charge in [0, 0.05) is 41.8 Å². The van der Waals surface area contributed by atoms with Crippen LogP contribution in [0.5, 0.6) is 0 Å². The molecule has 2 aromatic carbocycles. The molecular formula is C28H23ClF3N9O. The minimum absolute atomic E-state index is 0.0747. The number of amides is 1. The van der Waals surface area contributed by atoms with Gasteiger partial charge in [0.1, 0.15) is 18.0 Å². The van der Waals surface area contributed by atoms with Crippen LogP contribution in [-0.4, -0.2) is 41.0 Å². The molecule has 1 aliphatic carbocycles. The van der Waals surface area contributed by atoms with Gasteiger partial charge in [-0.3, -0.25) is 9.36 Å². The Morgan fingerprint density at radius 3 is 2.60 bits per heavy atom. The predicted molar refractivity (Wildman–Crippen MR) is 151 cm³/mol. The van der Waals surface area contributed by atoms with Crippen LogP contribution in [0.1, 0.15) is 34.5 Å². The third-order valence-corrected chi connectivity index (χ3v) is 7.00. The number of anilines is 3. The van der Waals surface area contributed by atoms with Crippen molar-refractivity contribution in [2.75, 3.05) is 10.6 Å². The summed E-state index contributed by atoms with van der Waals surface area (Å²) in [4.78, 5) is 29.7. The minimum atomic E-state index is -4.72. The SMILES string of the molecule is Cc1cn(-c2cc(C(F)(F)F)cc(C(N)=O)c2-c2ccc(Cl)c(Nc3nccn3-c3cc(NC4CC4)ncn3)c2)cn1. The maximum atomic E-state index is 13.8. The highest BCUT2D eigenvalue weighted by molar-refractivity contribution is 6.33. The van der Waals surface area contributed by atoms with E-state index in [2.05, 4.69) is 30.6 Å². The van der Waals surface area contributed by atoms with Gasteiger partial charge < -0.3 is 20.9 Å². The highest BCUT2D eigenvalue weighted by Crippen LogP contribution is 2.40. The molecule has 1 fully saturated rings. The largest absolute Gasteiger partial charge is 0.416 e. The average molecular weight is 594 g/mol. The fourth-order valence-electron chi connectivity index (χ4n) is 4.52. The van der Waals surface area contributed by atoms with Crippen LogP contribution in [0.15, 0.2) is 67.6 Å². The Kier molecular flexibility index (Phi) is 6.81. The first-order chi connectivity index (χ1) is 20.1. The van der Waals surface area contributed by atoms with Crippen molar-refractivity contribution >= 4 is 35.0 Å². The number of nitrogens with zero attached hydrogens (tertiary/aromatic N) is 6. The highest BCUT2D eigenvalue weighted by Gasteiger charge is 2.33. The van der Waals surface area contributed by atoms with E-state index in [1.807, 2.05) is 0 Å². The van der Waals surface area contributed by atoms with E-state index in [1.54, 1.807) is 54.3 Å². The summed E-state index contributed by atoms with van der Waals surface area (Å²) in [7, 11) is 0. The summed E-state index contributed by atoms with van der Waals surface area (Å²) in [6, 6.07) is 8.69. The number of halogens is 4. The van der Waals surface area contributed by atoms with Crippen molar-refractivity contribution in [2.24, 2.45) is 5.73 Å². The number of benzene rings is 2. The Balaban J connectivity index is 1.44. The van der Waals surface area contributed by atoms with E-state index >= 15 is 0 Å². The molecule has 4 N–H and O–H groups in total. The van der Waals surface area contributed by atoms with Gasteiger partial charge in [-0.15, -0.1) is 0 Å². The molecule has 0 unspecified atom stereocenters. The normalized spacial score (nSPS) is 13.3. The quantitative estimate of drug-likeness (QED) is 0.204. The second-order valence-electron chi connectivity index (χ2n) is 9.82. The van der Waals surface area contributed by atoms with Gasteiger partial charge in [0.05, 0.1) is 34.0 Å². The smallest absolute Gasteiger partial charge is 0.367 e. The molecule has 1 saturated carbocycles. The topological polar surface area (TPSA) is 129 Å². The van der Waals surface area contributed by atoms with Crippen molar-refractivity contribution in [1.82, 2.24) is 29.1 Å². The number of aryl methyl sites for hydroxylation is 1. The molecule has 42 heavy (non-hydrogen) atoms. The Morgan fingerprint density at radius 1 is 1.10 bits per heavy atom. The third kappa shape index (κ3) is 5.50. The lowest BCUT2D eigenvalue weighted by atomic mass is 9.94. The van der Waals surface area contributed by atoms with E-state index in [0.717, 1.165) is 25.0 Å². The van der Waals surface area contributed by atoms with E-state index in [9.17, 15) is 18.0 Å². The summed E-state index contributed by atoms with van der Waals surface area (Å²) in [5.74, 6) is 0.592. The second-order valence-corrected chi connectivity index (χ2v) is 10.2. The number of carbonyl (C=O) groups excluding carboxylic acids is 1. The van der Waals surface area contributed by atoms with Crippen molar-refractivity contribution in [3.63, 3.8) is 0 Å². The molecule has 1 aliphatic rings. The maximum Gasteiger partial charge on any atom is 0.416 e. The first kappa shape index (κ1) is 27.3. The lowest BCUT2D eigenvalue weighted by Gasteiger charge is -2.19. The molecule has 0 radical (unpaired) electrons. The van der Waals surface area contributed by atoms with Gasteiger partial charge >= 0.3 is 6.18 Å². The molecule has 0 spiro atoms. The van der Waals surface area contributed by atoms with Crippen LogP contribution in [0, 0.1) is 6.92 Å². The van der Waals surface area contributed by atoms with E-state index in [4.69, 9.17) is 17.3 Å². The lowest BCUT2D eigenvalue weighted by molar-refractivity contribution is -0.137. The fraction of sp³-hybridized carbons (Fsp3) is 0.179. The molecule has 10 nitrogen and oxygen atoms in total. The van der Waals surface area contributed by atoms with E-state index < -0.39 is 17.6 Å². The number of primary amides is 1. The first-order valence-electron chi connectivity index (χ1n) is 12.8. The molecule has 5 aromatic rings. The van der Waals surface area contributed by atoms with Crippen LogP contribution in [0.2, 0.25) is 5.02 Å². The summed E-state index contributed by atoms with van der Waals surface area (Å²) in [5.41, 5.74) is 5.90. The summed E-state index contributed by atoms with van der Waals surface area (Å²) >= 11 is 6.55. The average Bonchev–Trinajstić information content (AvgIpc) is 3.45. The zero-order valence-corrected chi connectivity index (χ0v) is 22.8. The number of nitrogens with two attached hydrogens (primary N) is 1. The fourth-order valence-corrected chi connectivity index (χ4v) is 4.68. The molecule has 0 bridgehead atoms. The van der Waals surface area contributed by atoms with Crippen molar-refractivity contribution in [3.05, 3.63) is 89.5 Å². The Bertz CT molecular complexity index is 1810. The van der Waals surface area contributed by atoms with Gasteiger partial charge in [0.25, 0.3) is 0 Å². The Labute approximate surface area is 242 Å². The summed E-state index contributed by atoms with van der Waals surface area (Å²) in [6.45, 7) is 1.70. The molecule has 3 aromatic heterocycles. The van der Waals surface area contributed by atoms with Crippen LogP contribution < -0.4 is 16.4 Å². The van der Waals surface area contributed by atoms with Gasteiger partial charge in [-0.2, -0.15) is 13.2 Å². The number of alkyl halides is 3. The van der Waals surface area contributed by atoms with Crippen LogP contribution in [0.25, 0.3) is 22.6 Å². The molecular weight excluding hydrogens is 571 g/mol. The zero-order valence-electron chi connectivity index (χ0n) is 22.0. The molecule has 214 valence electrons. The summed E-state index contributed by atoms with van der Waals surface area (Å²) in [6.07, 6.45) is 5.14.